The van der Waals surface area contributed by atoms with Gasteiger partial charge in [-0.05, 0) is 56.2 Å². The number of hydrogen-bond acceptors (Lipinski definition) is 4. The lowest BCUT2D eigenvalue weighted by Crippen LogP contribution is -2.40. The van der Waals surface area contributed by atoms with E-state index in [2.05, 4.69) is 0 Å². The largest absolute Gasteiger partial charge is 0.478 e. The van der Waals surface area contributed by atoms with Gasteiger partial charge in [0, 0.05) is 6.54 Å². The van der Waals surface area contributed by atoms with E-state index >= 15 is 0 Å². The van der Waals surface area contributed by atoms with Crippen LogP contribution in [0.5, 0.6) is 0 Å². The van der Waals surface area contributed by atoms with Crippen molar-refractivity contribution in [2.75, 3.05) is 12.3 Å². The fourth-order valence-electron chi connectivity index (χ4n) is 4.09. The second-order valence-electron chi connectivity index (χ2n) is 7.78. The van der Waals surface area contributed by atoms with E-state index in [-0.39, 0.29) is 11.3 Å². The maximum atomic E-state index is 12.3. The molecular weight excluding hydrogens is 362 g/mol. The number of aliphatic hydroxyl groups is 1. The summed E-state index contributed by atoms with van der Waals surface area (Å²) in [6.45, 7) is 0.653. The van der Waals surface area contributed by atoms with E-state index < -0.39 is 11.6 Å². The smallest absolute Gasteiger partial charge is 0.335 e. The van der Waals surface area contributed by atoms with Crippen LogP contribution in [0.2, 0.25) is 0 Å². The van der Waals surface area contributed by atoms with Crippen LogP contribution in [0.4, 0.5) is 0 Å². The van der Waals surface area contributed by atoms with E-state index in [1.807, 2.05) is 17.0 Å². The van der Waals surface area contributed by atoms with Crippen LogP contribution >= 0.6 is 11.8 Å². The Labute approximate surface area is 165 Å². The number of aromatic carboxylic acids is 1. The molecule has 1 atom stereocenters. The van der Waals surface area contributed by atoms with Crippen LogP contribution in [0.1, 0.15) is 67.3 Å². The molecule has 0 bridgehead atoms. The number of carbonyl (C=O) groups is 2. The molecule has 1 saturated carbocycles. The lowest BCUT2D eigenvalue weighted by molar-refractivity contribution is -0.129. The van der Waals surface area contributed by atoms with Gasteiger partial charge in [0.2, 0.25) is 5.91 Å². The molecule has 1 aliphatic heterocycles. The Balaban J connectivity index is 1.46. The summed E-state index contributed by atoms with van der Waals surface area (Å²) in [7, 11) is 0. The van der Waals surface area contributed by atoms with Crippen LogP contribution in [0.25, 0.3) is 0 Å². The normalized spacial score (nSPS) is 22.2. The highest BCUT2D eigenvalue weighted by Gasteiger charge is 2.35. The van der Waals surface area contributed by atoms with Crippen molar-refractivity contribution in [3.63, 3.8) is 0 Å². The molecule has 2 N–H and O–H groups in total. The number of nitrogens with zero attached hydrogens (tertiary/aromatic N) is 1. The summed E-state index contributed by atoms with van der Waals surface area (Å²) < 4.78 is 0. The summed E-state index contributed by atoms with van der Waals surface area (Å²) in [6, 6.07) is 7.02. The Hall–Kier alpha value is -1.53. The van der Waals surface area contributed by atoms with Crippen molar-refractivity contribution in [1.29, 1.82) is 0 Å². The molecule has 27 heavy (non-hydrogen) atoms. The number of carboxylic acids is 1. The molecule has 1 aromatic carbocycles. The Morgan fingerprint density at radius 1 is 1.19 bits per heavy atom. The molecule has 2 aliphatic rings. The molecule has 1 unspecified atom stereocenters. The Kier molecular flexibility index (Phi) is 6.82. The highest BCUT2D eigenvalue weighted by Crippen LogP contribution is 2.34. The maximum absolute atomic E-state index is 12.3. The van der Waals surface area contributed by atoms with Crippen LogP contribution in [0.15, 0.2) is 24.3 Å². The average molecular weight is 392 g/mol. The van der Waals surface area contributed by atoms with Gasteiger partial charge in [0.1, 0.15) is 0 Å². The Morgan fingerprint density at radius 3 is 2.56 bits per heavy atom. The van der Waals surface area contributed by atoms with Crippen molar-refractivity contribution in [1.82, 2.24) is 4.90 Å². The molecule has 0 radical (unpaired) electrons. The highest BCUT2D eigenvalue weighted by atomic mass is 32.2. The van der Waals surface area contributed by atoms with Gasteiger partial charge >= 0.3 is 5.97 Å². The Morgan fingerprint density at radius 2 is 1.89 bits per heavy atom. The minimum atomic E-state index is -0.905. The Bertz CT molecular complexity index is 655. The number of carbonyl (C=O) groups excluding carboxylic acids is 1. The quantitative estimate of drug-likeness (QED) is 0.707. The molecule has 148 valence electrons. The fourth-order valence-corrected chi connectivity index (χ4v) is 5.33. The van der Waals surface area contributed by atoms with Crippen molar-refractivity contribution in [3.05, 3.63) is 35.4 Å². The van der Waals surface area contributed by atoms with Gasteiger partial charge in [-0.25, -0.2) is 4.79 Å². The highest BCUT2D eigenvalue weighted by molar-refractivity contribution is 8.00. The minimum absolute atomic E-state index is 0.190. The fraction of sp³-hybridized carbons (Fsp3) is 0.619. The van der Waals surface area contributed by atoms with Crippen LogP contribution < -0.4 is 0 Å². The lowest BCUT2D eigenvalue weighted by Gasteiger charge is -2.34. The molecule has 1 amide bonds. The van der Waals surface area contributed by atoms with Gasteiger partial charge < -0.3 is 15.1 Å². The van der Waals surface area contributed by atoms with E-state index in [1.165, 1.54) is 6.42 Å². The van der Waals surface area contributed by atoms with E-state index in [1.54, 1.807) is 23.9 Å². The van der Waals surface area contributed by atoms with E-state index in [4.69, 9.17) is 5.11 Å². The molecule has 1 aromatic rings. The van der Waals surface area contributed by atoms with Gasteiger partial charge in [-0.2, -0.15) is 0 Å². The molecule has 2 fully saturated rings. The topological polar surface area (TPSA) is 77.8 Å². The van der Waals surface area contributed by atoms with Crippen molar-refractivity contribution in [2.45, 2.75) is 68.8 Å². The zero-order valence-corrected chi connectivity index (χ0v) is 16.5. The molecule has 3 rings (SSSR count). The second-order valence-corrected chi connectivity index (χ2v) is 8.95. The molecule has 0 spiro atoms. The summed E-state index contributed by atoms with van der Waals surface area (Å²) in [5.74, 6) is -0.177. The predicted octanol–water partition coefficient (Wildman–Crippen LogP) is 3.69. The van der Waals surface area contributed by atoms with Gasteiger partial charge in [0.25, 0.3) is 0 Å². The third-order valence-corrected chi connectivity index (χ3v) is 7.08. The van der Waals surface area contributed by atoms with Crippen molar-refractivity contribution in [3.8, 4) is 0 Å². The van der Waals surface area contributed by atoms with Gasteiger partial charge in [0.15, 0.2) is 0 Å². The lowest BCUT2D eigenvalue weighted by atomic mass is 9.82. The van der Waals surface area contributed by atoms with Crippen LogP contribution in [-0.2, 0) is 11.2 Å². The van der Waals surface area contributed by atoms with Gasteiger partial charge in [-0.3, -0.25) is 4.79 Å². The van der Waals surface area contributed by atoms with E-state index in [0.29, 0.717) is 24.3 Å². The number of rotatable bonds is 8. The number of hydrogen-bond donors (Lipinski definition) is 2. The van der Waals surface area contributed by atoms with Gasteiger partial charge in [0.05, 0.1) is 22.3 Å². The van der Waals surface area contributed by atoms with Crippen LogP contribution in [0, 0.1) is 0 Å². The first-order valence-electron chi connectivity index (χ1n) is 9.93. The first-order chi connectivity index (χ1) is 13.0. The summed E-state index contributed by atoms with van der Waals surface area (Å²) in [4.78, 5) is 25.1. The number of amides is 1. The molecule has 6 heteroatoms. The third kappa shape index (κ3) is 5.48. The average Bonchev–Trinajstić information content (AvgIpc) is 3.01. The zero-order valence-electron chi connectivity index (χ0n) is 15.7. The molecule has 1 aliphatic carbocycles. The van der Waals surface area contributed by atoms with E-state index in [0.717, 1.165) is 50.5 Å². The van der Waals surface area contributed by atoms with Crippen LogP contribution in [-0.4, -0.2) is 50.3 Å². The monoisotopic (exact) mass is 391 g/mol. The summed E-state index contributed by atoms with van der Waals surface area (Å²) in [5.41, 5.74) is 0.849. The van der Waals surface area contributed by atoms with Gasteiger partial charge in [-0.1, -0.05) is 31.4 Å². The first kappa shape index (κ1) is 20.2. The van der Waals surface area contributed by atoms with Crippen molar-refractivity contribution in [2.24, 2.45) is 0 Å². The number of benzene rings is 1. The SMILES string of the molecule is O=C(O)c1ccc(CCCC2SCC(=O)N2CCC2(O)CCCCC2)cc1. The summed E-state index contributed by atoms with van der Waals surface area (Å²) >= 11 is 1.70. The molecule has 1 heterocycles. The van der Waals surface area contributed by atoms with Crippen LogP contribution in [0.3, 0.4) is 0 Å². The van der Waals surface area contributed by atoms with Crippen molar-refractivity contribution < 1.29 is 19.8 Å². The number of aryl methyl sites for hydroxylation is 1. The second kappa shape index (κ2) is 9.11. The number of carboxylic acid groups (broad SMARTS) is 1. The third-order valence-electron chi connectivity index (χ3n) is 5.79. The minimum Gasteiger partial charge on any atom is -0.478 e. The number of thioether (sulfide) groups is 1. The predicted molar refractivity (Wildman–Crippen MR) is 107 cm³/mol. The standard InChI is InChI=1S/C21H29NO4S/c23-18-15-27-19(22(18)14-13-21(26)11-2-1-3-12-21)6-4-5-16-7-9-17(10-8-16)20(24)25/h7-10,19,26H,1-6,11-15H2,(H,24,25). The first-order valence-corrected chi connectivity index (χ1v) is 11.0. The zero-order chi connectivity index (χ0) is 19.3. The molecular formula is C21H29NO4S. The maximum Gasteiger partial charge on any atom is 0.335 e. The van der Waals surface area contributed by atoms with E-state index in [9.17, 15) is 14.7 Å². The summed E-state index contributed by atoms with van der Waals surface area (Å²) in [6.07, 6.45) is 8.55. The van der Waals surface area contributed by atoms with Crippen molar-refractivity contribution >= 4 is 23.6 Å². The summed E-state index contributed by atoms with van der Waals surface area (Å²) in [5, 5.41) is 19.9. The van der Waals surface area contributed by atoms with Gasteiger partial charge in [-0.15, -0.1) is 11.8 Å². The molecule has 5 nitrogen and oxygen atoms in total. The molecule has 0 aromatic heterocycles. The molecule has 1 saturated heterocycles.